The number of carboxylic acid groups (broad SMARTS) is 1. The molecule has 0 spiro atoms. The lowest BCUT2D eigenvalue weighted by Crippen LogP contribution is -2.22. The highest BCUT2D eigenvalue weighted by molar-refractivity contribution is 5.66. The average molecular weight is 441 g/mol. The Hall–Kier alpha value is -1.36. The normalized spacial score (nSPS) is 12.3. The molecule has 5 heteroatoms. The SMILES string of the molecule is CCCCOCC(CCCCCCCCC=CCCCCCCCC(=O)O)OC(C)=O. The second-order valence-electron chi connectivity index (χ2n) is 8.53. The van der Waals surface area contributed by atoms with Crippen LogP contribution in [0.3, 0.4) is 0 Å². The molecular formula is C26H48O5. The van der Waals surface area contributed by atoms with Crippen molar-refractivity contribution in [2.45, 2.75) is 129 Å². The maximum absolute atomic E-state index is 11.2. The minimum atomic E-state index is -0.681. The smallest absolute Gasteiger partial charge is 0.303 e. The van der Waals surface area contributed by atoms with Crippen LogP contribution >= 0.6 is 0 Å². The minimum absolute atomic E-state index is 0.0933. The Morgan fingerprint density at radius 1 is 0.806 bits per heavy atom. The van der Waals surface area contributed by atoms with E-state index in [2.05, 4.69) is 19.1 Å². The molecule has 182 valence electrons. The molecule has 0 bridgehead atoms. The van der Waals surface area contributed by atoms with Gasteiger partial charge in [-0.2, -0.15) is 0 Å². The molecule has 0 aromatic heterocycles. The Kier molecular flexibility index (Phi) is 22.3. The average Bonchev–Trinajstić information content (AvgIpc) is 2.72. The van der Waals surface area contributed by atoms with Crippen LogP contribution in [0.5, 0.6) is 0 Å². The topological polar surface area (TPSA) is 72.8 Å². The van der Waals surface area contributed by atoms with Crippen LogP contribution in [0.2, 0.25) is 0 Å². The van der Waals surface area contributed by atoms with E-state index in [-0.39, 0.29) is 12.1 Å². The molecule has 0 radical (unpaired) electrons. The third-order valence-corrected chi connectivity index (χ3v) is 5.35. The fourth-order valence-electron chi connectivity index (χ4n) is 3.52. The first-order chi connectivity index (χ1) is 15.1. The van der Waals surface area contributed by atoms with E-state index in [0.717, 1.165) is 58.0 Å². The van der Waals surface area contributed by atoms with E-state index in [4.69, 9.17) is 14.6 Å². The highest BCUT2D eigenvalue weighted by atomic mass is 16.6. The summed E-state index contributed by atoms with van der Waals surface area (Å²) in [7, 11) is 0. The lowest BCUT2D eigenvalue weighted by atomic mass is 10.1. The summed E-state index contributed by atoms with van der Waals surface area (Å²) in [5, 5.41) is 8.59. The molecule has 0 saturated carbocycles. The lowest BCUT2D eigenvalue weighted by Gasteiger charge is -2.17. The van der Waals surface area contributed by atoms with Crippen LogP contribution in [0.4, 0.5) is 0 Å². The summed E-state index contributed by atoms with van der Waals surface area (Å²) >= 11 is 0. The number of esters is 1. The molecule has 31 heavy (non-hydrogen) atoms. The number of ether oxygens (including phenoxy) is 2. The van der Waals surface area contributed by atoms with Gasteiger partial charge in [-0.15, -0.1) is 0 Å². The lowest BCUT2D eigenvalue weighted by molar-refractivity contribution is -0.150. The van der Waals surface area contributed by atoms with Crippen LogP contribution in [0.1, 0.15) is 123 Å². The number of allylic oxidation sites excluding steroid dienone is 2. The molecule has 0 heterocycles. The van der Waals surface area contributed by atoms with Crippen molar-refractivity contribution in [3.05, 3.63) is 12.2 Å². The summed E-state index contributed by atoms with van der Waals surface area (Å²) < 4.78 is 11.0. The standard InChI is InChI=1S/C26H48O5/c1-3-4-22-30-23-25(31-24(2)27)20-18-16-14-12-10-8-6-5-7-9-11-13-15-17-19-21-26(28)29/h5,7,25H,3-4,6,8-23H2,1-2H3,(H,28,29). The predicted octanol–water partition coefficient (Wildman–Crippen LogP) is 7.23. The van der Waals surface area contributed by atoms with Gasteiger partial charge >= 0.3 is 11.9 Å². The second kappa shape index (κ2) is 23.3. The number of rotatable bonds is 23. The quantitative estimate of drug-likeness (QED) is 0.103. The molecule has 0 aromatic carbocycles. The van der Waals surface area contributed by atoms with Crippen molar-refractivity contribution in [1.82, 2.24) is 0 Å². The van der Waals surface area contributed by atoms with Gasteiger partial charge in [0.1, 0.15) is 6.10 Å². The molecule has 1 N–H and O–H groups in total. The number of carbonyl (C=O) groups is 2. The Bertz CT molecular complexity index is 447. The Labute approximate surface area is 191 Å². The van der Waals surface area contributed by atoms with Crippen molar-refractivity contribution in [2.24, 2.45) is 0 Å². The summed E-state index contributed by atoms with van der Waals surface area (Å²) in [6.45, 7) is 4.88. The summed E-state index contributed by atoms with van der Waals surface area (Å²) in [6, 6.07) is 0. The van der Waals surface area contributed by atoms with Crippen molar-refractivity contribution in [2.75, 3.05) is 13.2 Å². The van der Waals surface area contributed by atoms with Crippen molar-refractivity contribution < 1.29 is 24.2 Å². The molecule has 0 aliphatic rings. The first kappa shape index (κ1) is 29.6. The van der Waals surface area contributed by atoms with Crippen LogP contribution in [-0.2, 0) is 19.1 Å². The summed E-state index contributed by atoms with van der Waals surface area (Å²) in [5.74, 6) is -0.896. The fraction of sp³-hybridized carbons (Fsp3) is 0.846. The zero-order valence-electron chi connectivity index (χ0n) is 20.2. The van der Waals surface area contributed by atoms with Gasteiger partial charge in [0.2, 0.25) is 0 Å². The molecule has 0 aliphatic carbocycles. The van der Waals surface area contributed by atoms with Gasteiger partial charge in [-0.25, -0.2) is 0 Å². The Morgan fingerprint density at radius 2 is 1.35 bits per heavy atom. The highest BCUT2D eigenvalue weighted by Crippen LogP contribution is 2.13. The first-order valence-electron chi connectivity index (χ1n) is 12.7. The van der Waals surface area contributed by atoms with Gasteiger partial charge in [0.25, 0.3) is 0 Å². The van der Waals surface area contributed by atoms with Gasteiger partial charge in [-0.3, -0.25) is 9.59 Å². The van der Waals surface area contributed by atoms with Gasteiger partial charge in [0.15, 0.2) is 0 Å². The molecule has 0 aliphatic heterocycles. The van der Waals surface area contributed by atoms with E-state index in [1.807, 2.05) is 0 Å². The van der Waals surface area contributed by atoms with Gasteiger partial charge < -0.3 is 14.6 Å². The number of carboxylic acids is 1. The van der Waals surface area contributed by atoms with Crippen molar-refractivity contribution in [3.63, 3.8) is 0 Å². The molecule has 0 fully saturated rings. The molecule has 1 unspecified atom stereocenters. The Balaban J connectivity index is 3.45. The predicted molar refractivity (Wildman–Crippen MR) is 127 cm³/mol. The fourth-order valence-corrected chi connectivity index (χ4v) is 3.52. The second-order valence-corrected chi connectivity index (χ2v) is 8.53. The monoisotopic (exact) mass is 440 g/mol. The third kappa shape index (κ3) is 24.8. The van der Waals surface area contributed by atoms with Gasteiger partial charge in [0, 0.05) is 20.0 Å². The Morgan fingerprint density at radius 3 is 1.90 bits per heavy atom. The summed E-state index contributed by atoms with van der Waals surface area (Å²) in [6.07, 6.45) is 22.9. The molecule has 0 amide bonds. The van der Waals surface area contributed by atoms with Gasteiger partial charge in [0.05, 0.1) is 6.61 Å². The van der Waals surface area contributed by atoms with E-state index in [0.29, 0.717) is 13.0 Å². The van der Waals surface area contributed by atoms with Crippen molar-refractivity contribution in [3.8, 4) is 0 Å². The van der Waals surface area contributed by atoms with E-state index in [1.165, 1.54) is 58.3 Å². The van der Waals surface area contributed by atoms with Crippen LogP contribution in [0, 0.1) is 0 Å². The molecule has 0 rings (SSSR count). The van der Waals surface area contributed by atoms with E-state index in [1.54, 1.807) is 0 Å². The molecular weight excluding hydrogens is 392 g/mol. The van der Waals surface area contributed by atoms with Crippen molar-refractivity contribution in [1.29, 1.82) is 0 Å². The van der Waals surface area contributed by atoms with E-state index < -0.39 is 5.97 Å². The zero-order chi connectivity index (χ0) is 23.0. The highest BCUT2D eigenvalue weighted by Gasteiger charge is 2.11. The maximum Gasteiger partial charge on any atom is 0.303 e. The molecule has 0 saturated heterocycles. The van der Waals surface area contributed by atoms with Crippen molar-refractivity contribution >= 4 is 11.9 Å². The largest absolute Gasteiger partial charge is 0.481 e. The summed E-state index contributed by atoms with van der Waals surface area (Å²) in [4.78, 5) is 21.7. The van der Waals surface area contributed by atoms with E-state index >= 15 is 0 Å². The van der Waals surface area contributed by atoms with Crippen LogP contribution < -0.4 is 0 Å². The minimum Gasteiger partial charge on any atom is -0.481 e. The molecule has 5 nitrogen and oxygen atoms in total. The number of hydrogen-bond donors (Lipinski definition) is 1. The number of carbonyl (C=O) groups excluding carboxylic acids is 1. The first-order valence-corrected chi connectivity index (χ1v) is 12.7. The van der Waals surface area contributed by atoms with E-state index in [9.17, 15) is 9.59 Å². The van der Waals surface area contributed by atoms with Gasteiger partial charge in [-0.05, 0) is 51.4 Å². The summed E-state index contributed by atoms with van der Waals surface area (Å²) in [5.41, 5.74) is 0. The third-order valence-electron chi connectivity index (χ3n) is 5.35. The number of aliphatic carboxylic acids is 1. The molecule has 0 aromatic rings. The number of unbranched alkanes of at least 4 members (excludes halogenated alkanes) is 12. The number of hydrogen-bond acceptors (Lipinski definition) is 4. The van der Waals surface area contributed by atoms with Crippen LogP contribution in [0.15, 0.2) is 12.2 Å². The van der Waals surface area contributed by atoms with Crippen LogP contribution in [-0.4, -0.2) is 36.4 Å². The molecule has 1 atom stereocenters. The zero-order valence-corrected chi connectivity index (χ0v) is 20.2. The maximum atomic E-state index is 11.2. The van der Waals surface area contributed by atoms with Gasteiger partial charge in [-0.1, -0.05) is 70.4 Å². The van der Waals surface area contributed by atoms with Crippen LogP contribution in [0.25, 0.3) is 0 Å².